The maximum absolute atomic E-state index is 5.62. The number of hydrogen-bond donors (Lipinski definition) is 1. The number of nitrogens with zero attached hydrogens (tertiary/aromatic N) is 1. The fourth-order valence-corrected chi connectivity index (χ4v) is 2.67. The van der Waals surface area contributed by atoms with Gasteiger partial charge in [-0.2, -0.15) is 0 Å². The third kappa shape index (κ3) is 5.38. The van der Waals surface area contributed by atoms with E-state index in [1.54, 1.807) is 7.11 Å². The van der Waals surface area contributed by atoms with Crippen molar-refractivity contribution in [2.24, 2.45) is 5.92 Å². The number of ether oxygens (including phenoxy) is 2. The van der Waals surface area contributed by atoms with Gasteiger partial charge in [-0.25, -0.2) is 0 Å². The molecule has 1 N–H and O–H groups in total. The Kier molecular flexibility index (Phi) is 7.29. The summed E-state index contributed by atoms with van der Waals surface area (Å²) in [6.07, 6.45) is 1.17. The van der Waals surface area contributed by atoms with Crippen molar-refractivity contribution < 1.29 is 9.47 Å². The van der Waals surface area contributed by atoms with E-state index in [0.29, 0.717) is 25.2 Å². The summed E-state index contributed by atoms with van der Waals surface area (Å²) in [6.45, 7) is 14.6. The molecule has 2 unspecified atom stereocenters. The van der Waals surface area contributed by atoms with Crippen molar-refractivity contribution in [2.45, 2.75) is 45.7 Å². The molecule has 1 saturated heterocycles. The molecule has 1 heterocycles. The highest BCUT2D eigenvalue weighted by atomic mass is 16.5. The summed E-state index contributed by atoms with van der Waals surface area (Å²) in [5.74, 6) is 0.674. The van der Waals surface area contributed by atoms with Gasteiger partial charge in [-0.15, -0.1) is 0 Å². The van der Waals surface area contributed by atoms with Crippen LogP contribution in [0.15, 0.2) is 0 Å². The summed E-state index contributed by atoms with van der Waals surface area (Å²) in [5, 5.41) is 3.71. The first kappa shape index (κ1) is 16.9. The molecule has 0 aromatic carbocycles. The van der Waals surface area contributed by atoms with Crippen LogP contribution in [0.3, 0.4) is 0 Å². The van der Waals surface area contributed by atoms with Gasteiger partial charge in [-0.05, 0) is 19.3 Å². The molecular formula is C15H32N2O2. The molecule has 1 fully saturated rings. The Morgan fingerprint density at radius 2 is 2.05 bits per heavy atom. The predicted octanol–water partition coefficient (Wildman–Crippen LogP) is 1.75. The monoisotopic (exact) mass is 272 g/mol. The Hall–Kier alpha value is -0.160. The van der Waals surface area contributed by atoms with Crippen LogP contribution in [0.2, 0.25) is 0 Å². The fraction of sp³-hybridized carbons (Fsp3) is 1.00. The first-order chi connectivity index (χ1) is 9.02. The van der Waals surface area contributed by atoms with E-state index in [4.69, 9.17) is 9.47 Å². The number of piperazine rings is 1. The van der Waals surface area contributed by atoms with Gasteiger partial charge in [-0.1, -0.05) is 20.8 Å². The van der Waals surface area contributed by atoms with Crippen LogP contribution in [0.5, 0.6) is 0 Å². The lowest BCUT2D eigenvalue weighted by Crippen LogP contribution is -2.64. The molecule has 0 aromatic rings. The Morgan fingerprint density at radius 1 is 1.32 bits per heavy atom. The Labute approximate surface area is 118 Å². The van der Waals surface area contributed by atoms with Crippen LogP contribution in [-0.2, 0) is 9.47 Å². The molecule has 0 amide bonds. The first-order valence-electron chi connectivity index (χ1n) is 7.58. The van der Waals surface area contributed by atoms with Gasteiger partial charge < -0.3 is 14.8 Å². The van der Waals surface area contributed by atoms with Gasteiger partial charge >= 0.3 is 0 Å². The standard InChI is InChI=1S/C15H32N2O2/c1-6-15(4)12-17(7-8-19-10-9-18-5)14(11-16-15)13(2)3/h13-14,16H,6-12H2,1-5H3. The molecule has 1 aliphatic rings. The van der Waals surface area contributed by atoms with E-state index >= 15 is 0 Å². The molecular weight excluding hydrogens is 240 g/mol. The lowest BCUT2D eigenvalue weighted by Gasteiger charge is -2.47. The van der Waals surface area contributed by atoms with Gasteiger partial charge in [0.2, 0.25) is 0 Å². The number of methoxy groups -OCH3 is 1. The van der Waals surface area contributed by atoms with Crippen LogP contribution in [0.4, 0.5) is 0 Å². The van der Waals surface area contributed by atoms with Gasteiger partial charge in [0.15, 0.2) is 0 Å². The zero-order chi connectivity index (χ0) is 14.3. The third-order valence-electron chi connectivity index (χ3n) is 4.26. The minimum absolute atomic E-state index is 0.248. The summed E-state index contributed by atoms with van der Waals surface area (Å²) < 4.78 is 10.6. The van der Waals surface area contributed by atoms with Crippen LogP contribution < -0.4 is 5.32 Å². The van der Waals surface area contributed by atoms with Crippen molar-refractivity contribution in [3.8, 4) is 0 Å². The quantitative estimate of drug-likeness (QED) is 0.683. The van der Waals surface area contributed by atoms with E-state index in [1.807, 2.05) is 0 Å². The predicted molar refractivity (Wildman–Crippen MR) is 79.6 cm³/mol. The maximum Gasteiger partial charge on any atom is 0.0700 e. The highest BCUT2D eigenvalue weighted by Gasteiger charge is 2.35. The van der Waals surface area contributed by atoms with Crippen molar-refractivity contribution in [1.82, 2.24) is 10.2 Å². The van der Waals surface area contributed by atoms with Crippen molar-refractivity contribution in [3.05, 3.63) is 0 Å². The molecule has 4 heteroatoms. The number of hydrogen-bond acceptors (Lipinski definition) is 4. The van der Waals surface area contributed by atoms with E-state index in [2.05, 4.69) is 37.9 Å². The first-order valence-corrected chi connectivity index (χ1v) is 7.58. The smallest absolute Gasteiger partial charge is 0.0700 e. The van der Waals surface area contributed by atoms with Crippen LogP contribution in [0.1, 0.15) is 34.1 Å². The van der Waals surface area contributed by atoms with Crippen molar-refractivity contribution in [3.63, 3.8) is 0 Å². The SMILES string of the molecule is CCC1(C)CN(CCOCCOC)C(C(C)C)CN1. The molecule has 0 bridgehead atoms. The minimum atomic E-state index is 0.248. The second-order valence-corrected chi connectivity index (χ2v) is 6.18. The number of nitrogens with one attached hydrogen (secondary N) is 1. The van der Waals surface area contributed by atoms with Gasteiger partial charge in [0.05, 0.1) is 19.8 Å². The Balaban J connectivity index is 2.43. The molecule has 1 aliphatic heterocycles. The highest BCUT2D eigenvalue weighted by molar-refractivity contribution is 4.95. The fourth-order valence-electron chi connectivity index (χ4n) is 2.67. The average Bonchev–Trinajstić information content (AvgIpc) is 2.38. The van der Waals surface area contributed by atoms with Crippen molar-refractivity contribution in [1.29, 1.82) is 0 Å². The molecule has 4 nitrogen and oxygen atoms in total. The Morgan fingerprint density at radius 3 is 2.63 bits per heavy atom. The van der Waals surface area contributed by atoms with Crippen LogP contribution in [-0.4, -0.2) is 63.0 Å². The van der Waals surface area contributed by atoms with Crippen LogP contribution >= 0.6 is 0 Å². The van der Waals surface area contributed by atoms with Crippen molar-refractivity contribution in [2.75, 3.05) is 46.6 Å². The van der Waals surface area contributed by atoms with E-state index in [0.717, 1.165) is 26.2 Å². The van der Waals surface area contributed by atoms with Crippen molar-refractivity contribution >= 4 is 0 Å². The summed E-state index contributed by atoms with van der Waals surface area (Å²) in [4.78, 5) is 2.59. The topological polar surface area (TPSA) is 33.7 Å². The van der Waals surface area contributed by atoms with Crippen LogP contribution in [0, 0.1) is 5.92 Å². The molecule has 114 valence electrons. The molecule has 2 atom stereocenters. The molecule has 0 aliphatic carbocycles. The summed E-state index contributed by atoms with van der Waals surface area (Å²) in [5.41, 5.74) is 0.248. The Bertz CT molecular complexity index is 248. The normalized spacial score (nSPS) is 29.1. The lowest BCUT2D eigenvalue weighted by atomic mass is 9.90. The minimum Gasteiger partial charge on any atom is -0.382 e. The molecule has 0 spiro atoms. The van der Waals surface area contributed by atoms with Gasteiger partial charge in [-0.3, -0.25) is 4.90 Å². The van der Waals surface area contributed by atoms with E-state index in [1.165, 1.54) is 6.42 Å². The zero-order valence-electron chi connectivity index (χ0n) is 13.4. The number of rotatable bonds is 8. The summed E-state index contributed by atoms with van der Waals surface area (Å²) in [6, 6.07) is 0.616. The lowest BCUT2D eigenvalue weighted by molar-refractivity contribution is 0.0161. The van der Waals surface area contributed by atoms with Gasteiger partial charge in [0.25, 0.3) is 0 Å². The van der Waals surface area contributed by atoms with Crippen LogP contribution in [0.25, 0.3) is 0 Å². The molecule has 19 heavy (non-hydrogen) atoms. The van der Waals surface area contributed by atoms with Gasteiger partial charge in [0, 0.05) is 38.3 Å². The summed E-state index contributed by atoms with van der Waals surface area (Å²) in [7, 11) is 1.71. The van der Waals surface area contributed by atoms with E-state index in [-0.39, 0.29) is 5.54 Å². The summed E-state index contributed by atoms with van der Waals surface area (Å²) >= 11 is 0. The maximum atomic E-state index is 5.62. The average molecular weight is 272 g/mol. The zero-order valence-corrected chi connectivity index (χ0v) is 13.4. The molecule has 0 aromatic heterocycles. The molecule has 0 saturated carbocycles. The second-order valence-electron chi connectivity index (χ2n) is 6.18. The second kappa shape index (κ2) is 8.20. The van der Waals surface area contributed by atoms with E-state index < -0.39 is 0 Å². The third-order valence-corrected chi connectivity index (χ3v) is 4.26. The van der Waals surface area contributed by atoms with E-state index in [9.17, 15) is 0 Å². The molecule has 1 rings (SSSR count). The molecule has 0 radical (unpaired) electrons. The largest absolute Gasteiger partial charge is 0.382 e. The highest BCUT2D eigenvalue weighted by Crippen LogP contribution is 2.22. The van der Waals surface area contributed by atoms with Gasteiger partial charge in [0.1, 0.15) is 0 Å².